The highest BCUT2D eigenvalue weighted by Gasteiger charge is 1.80. The summed E-state index contributed by atoms with van der Waals surface area (Å²) in [4.78, 5) is 0. The van der Waals surface area contributed by atoms with Crippen LogP contribution in [-0.4, -0.2) is 0 Å². The van der Waals surface area contributed by atoms with E-state index in [1.807, 2.05) is 24.3 Å². The molecule has 0 fully saturated rings. The fraction of sp³-hybridized carbons (Fsp3) is 0.214. The zero-order valence-electron chi connectivity index (χ0n) is 8.47. The molecule has 0 heteroatoms. The van der Waals surface area contributed by atoms with Crippen molar-refractivity contribution in [3.8, 4) is 0 Å². The van der Waals surface area contributed by atoms with Crippen molar-refractivity contribution in [2.45, 2.75) is 19.3 Å². The first kappa shape index (κ1) is 10.8. The van der Waals surface area contributed by atoms with Gasteiger partial charge >= 0.3 is 0 Å². The molecular formula is C14H17. The largest absolute Gasteiger partial charge is 0.0882 e. The molecule has 0 saturated heterocycles. The zero-order valence-corrected chi connectivity index (χ0v) is 8.47. The Balaban J connectivity index is 2.46. The van der Waals surface area contributed by atoms with Gasteiger partial charge in [-0.15, -0.1) is 0 Å². The highest BCUT2D eigenvalue weighted by atomic mass is 13.9. The third-order valence-corrected chi connectivity index (χ3v) is 1.88. The molecule has 14 heavy (non-hydrogen) atoms. The van der Waals surface area contributed by atoms with Crippen LogP contribution in [-0.2, 0) is 0 Å². The fourth-order valence-corrected chi connectivity index (χ4v) is 1.14. The van der Waals surface area contributed by atoms with Crippen LogP contribution in [0.2, 0.25) is 0 Å². The summed E-state index contributed by atoms with van der Waals surface area (Å²) >= 11 is 0. The van der Waals surface area contributed by atoms with Crippen LogP contribution < -0.4 is 0 Å². The summed E-state index contributed by atoms with van der Waals surface area (Å²) in [5.74, 6) is 0. The Bertz CT molecular complexity index is 262. The molecular weight excluding hydrogens is 168 g/mol. The number of hydrogen-bond acceptors (Lipinski definition) is 0. The smallest absolute Gasteiger partial charge is 0.0164 e. The van der Waals surface area contributed by atoms with Crippen LogP contribution in [0.1, 0.15) is 19.3 Å². The van der Waals surface area contributed by atoms with Crippen LogP contribution in [0, 0.1) is 6.42 Å². The first-order valence-electron chi connectivity index (χ1n) is 5.13. The minimum absolute atomic E-state index is 1.03. The first-order valence-corrected chi connectivity index (χ1v) is 5.13. The lowest BCUT2D eigenvalue weighted by molar-refractivity contribution is 0.998. The minimum atomic E-state index is 1.03. The molecule has 0 saturated carbocycles. The van der Waals surface area contributed by atoms with Crippen molar-refractivity contribution >= 4 is 0 Å². The lowest BCUT2D eigenvalue weighted by Crippen LogP contribution is -1.70. The lowest BCUT2D eigenvalue weighted by atomic mass is 10.2. The van der Waals surface area contributed by atoms with Gasteiger partial charge in [0, 0.05) is 0 Å². The monoisotopic (exact) mass is 185 g/mol. The molecule has 1 aliphatic carbocycles. The van der Waals surface area contributed by atoms with Gasteiger partial charge in [-0.3, -0.25) is 0 Å². The SMILES string of the molecule is [CH]1/C=C/C=C/C=C\C=C\C/C=C/CC1. The second-order valence-electron chi connectivity index (χ2n) is 3.10. The van der Waals surface area contributed by atoms with Gasteiger partial charge in [0.25, 0.3) is 0 Å². The summed E-state index contributed by atoms with van der Waals surface area (Å²) < 4.78 is 0. The number of hydrogen-bond donors (Lipinski definition) is 0. The van der Waals surface area contributed by atoms with Crippen molar-refractivity contribution in [1.82, 2.24) is 0 Å². The van der Waals surface area contributed by atoms with Gasteiger partial charge in [-0.2, -0.15) is 0 Å². The molecule has 0 atom stereocenters. The summed E-state index contributed by atoms with van der Waals surface area (Å²) in [6.45, 7) is 0. The van der Waals surface area contributed by atoms with Crippen molar-refractivity contribution in [3.05, 3.63) is 67.2 Å². The second-order valence-corrected chi connectivity index (χ2v) is 3.10. The van der Waals surface area contributed by atoms with E-state index in [4.69, 9.17) is 0 Å². The Labute approximate surface area is 87.0 Å². The summed E-state index contributed by atoms with van der Waals surface area (Å²) in [5, 5.41) is 0. The molecule has 0 N–H and O–H groups in total. The maximum absolute atomic E-state index is 2.24. The van der Waals surface area contributed by atoms with Crippen LogP contribution in [0.25, 0.3) is 0 Å². The van der Waals surface area contributed by atoms with Crippen LogP contribution >= 0.6 is 0 Å². The molecule has 1 aliphatic rings. The maximum atomic E-state index is 2.24. The van der Waals surface area contributed by atoms with Crippen LogP contribution in [0.3, 0.4) is 0 Å². The van der Waals surface area contributed by atoms with Gasteiger partial charge in [-0.25, -0.2) is 0 Å². The van der Waals surface area contributed by atoms with E-state index in [9.17, 15) is 0 Å². The first-order chi connectivity index (χ1) is 7.00. The van der Waals surface area contributed by atoms with E-state index in [0.29, 0.717) is 0 Å². The van der Waals surface area contributed by atoms with E-state index in [2.05, 4.69) is 42.9 Å². The molecule has 0 amide bonds. The molecule has 0 aromatic rings. The molecule has 0 aromatic heterocycles. The van der Waals surface area contributed by atoms with Crippen LogP contribution in [0.4, 0.5) is 0 Å². The Morgan fingerprint density at radius 1 is 0.500 bits per heavy atom. The Morgan fingerprint density at radius 2 is 1.21 bits per heavy atom. The molecule has 0 aromatic carbocycles. The van der Waals surface area contributed by atoms with Gasteiger partial charge in [-0.1, -0.05) is 60.8 Å². The molecule has 0 heterocycles. The zero-order chi connectivity index (χ0) is 9.90. The maximum Gasteiger partial charge on any atom is -0.0164 e. The molecule has 73 valence electrons. The Morgan fingerprint density at radius 3 is 2.07 bits per heavy atom. The number of allylic oxidation sites excluding steroid dienone is 10. The van der Waals surface area contributed by atoms with Gasteiger partial charge in [0.2, 0.25) is 0 Å². The normalized spacial score (nSPS) is 29.7. The molecule has 1 radical (unpaired) electrons. The topological polar surface area (TPSA) is 0 Å². The summed E-state index contributed by atoms with van der Waals surface area (Å²) in [6.07, 6.45) is 26.5. The van der Waals surface area contributed by atoms with Crippen molar-refractivity contribution < 1.29 is 0 Å². The number of rotatable bonds is 0. The van der Waals surface area contributed by atoms with E-state index in [0.717, 1.165) is 19.3 Å². The Kier molecular flexibility index (Phi) is 6.39. The standard InChI is InChI=1S/C14H17/c1-2-4-6-8-10-12-14-13-11-9-7-5-3-1/h1-9,12,14H,10-11,13H2/b3-1+,4-2-,7-5+,8-6+,14-12+. The van der Waals surface area contributed by atoms with Crippen molar-refractivity contribution in [3.63, 3.8) is 0 Å². The van der Waals surface area contributed by atoms with Crippen LogP contribution in [0.5, 0.6) is 0 Å². The van der Waals surface area contributed by atoms with Crippen molar-refractivity contribution in [2.24, 2.45) is 0 Å². The minimum Gasteiger partial charge on any atom is -0.0882 e. The van der Waals surface area contributed by atoms with Crippen molar-refractivity contribution in [1.29, 1.82) is 0 Å². The quantitative estimate of drug-likeness (QED) is 0.497. The average Bonchev–Trinajstić information content (AvgIpc) is 2.22. The molecule has 0 nitrogen and oxygen atoms in total. The predicted octanol–water partition coefficient (Wildman–Crippen LogP) is 4.16. The van der Waals surface area contributed by atoms with E-state index < -0.39 is 0 Å². The third-order valence-electron chi connectivity index (χ3n) is 1.88. The summed E-state index contributed by atoms with van der Waals surface area (Å²) in [5.41, 5.74) is 0. The third kappa shape index (κ3) is 6.24. The van der Waals surface area contributed by atoms with Gasteiger partial charge < -0.3 is 0 Å². The molecule has 0 aliphatic heterocycles. The van der Waals surface area contributed by atoms with Crippen LogP contribution in [0.15, 0.2) is 60.8 Å². The summed E-state index contributed by atoms with van der Waals surface area (Å²) in [6, 6.07) is 0. The molecule has 1 rings (SSSR count). The summed E-state index contributed by atoms with van der Waals surface area (Å²) in [7, 11) is 0. The highest BCUT2D eigenvalue weighted by Crippen LogP contribution is 1.99. The van der Waals surface area contributed by atoms with Gasteiger partial charge in [0.1, 0.15) is 0 Å². The van der Waals surface area contributed by atoms with Crippen molar-refractivity contribution in [2.75, 3.05) is 0 Å². The molecule has 0 unspecified atom stereocenters. The van der Waals surface area contributed by atoms with Gasteiger partial charge in [0.15, 0.2) is 0 Å². The predicted molar refractivity (Wildman–Crippen MR) is 63.9 cm³/mol. The van der Waals surface area contributed by atoms with E-state index >= 15 is 0 Å². The molecule has 0 bridgehead atoms. The fourth-order valence-electron chi connectivity index (χ4n) is 1.14. The average molecular weight is 185 g/mol. The van der Waals surface area contributed by atoms with E-state index in [1.165, 1.54) is 0 Å². The second kappa shape index (κ2) is 8.31. The Hall–Kier alpha value is -1.30. The van der Waals surface area contributed by atoms with Gasteiger partial charge in [-0.05, 0) is 25.7 Å². The van der Waals surface area contributed by atoms with Gasteiger partial charge in [0.05, 0.1) is 0 Å². The van der Waals surface area contributed by atoms with E-state index in [-0.39, 0.29) is 0 Å². The van der Waals surface area contributed by atoms with E-state index in [1.54, 1.807) is 0 Å². The molecule has 0 spiro atoms. The highest BCUT2D eigenvalue weighted by molar-refractivity contribution is 5.17. The lowest BCUT2D eigenvalue weighted by Gasteiger charge is -1.89.